The Balaban J connectivity index is 1.48. The zero-order chi connectivity index (χ0) is 14.1. The van der Waals surface area contributed by atoms with Gasteiger partial charge in [0.25, 0.3) is 0 Å². The van der Waals surface area contributed by atoms with Crippen LogP contribution in [-0.4, -0.2) is 16.2 Å². The van der Waals surface area contributed by atoms with Crippen LogP contribution in [-0.2, 0) is 13.0 Å². The van der Waals surface area contributed by atoms with Crippen LogP contribution in [0.5, 0.6) is 0 Å². The quantitative estimate of drug-likeness (QED) is 0.780. The zero-order valence-electron chi connectivity index (χ0n) is 11.7. The zero-order valence-corrected chi connectivity index (χ0v) is 11.7. The van der Waals surface area contributed by atoms with Crippen molar-refractivity contribution >= 4 is 10.8 Å². The van der Waals surface area contributed by atoms with Crippen LogP contribution >= 0.6 is 0 Å². The van der Waals surface area contributed by atoms with Crippen LogP contribution in [0.25, 0.3) is 10.8 Å². The Morgan fingerprint density at radius 1 is 1.00 bits per heavy atom. The maximum Gasteiger partial charge on any atom is 0.230 e. The molecule has 21 heavy (non-hydrogen) atoms. The Morgan fingerprint density at radius 2 is 1.81 bits per heavy atom. The standard InChI is InChI=1S/C17H17N3O/c1-2-4-14-9-12(5-6-13(14)3-1)10-16-19-20-17(21-16)11-18-15-7-8-15/h1-6,9,15,18H,7-8,10-11H2. The lowest BCUT2D eigenvalue weighted by molar-refractivity contribution is 0.438. The third-order valence-electron chi connectivity index (χ3n) is 3.80. The molecule has 1 aliphatic carbocycles. The smallest absolute Gasteiger partial charge is 0.230 e. The number of hydrogen-bond donors (Lipinski definition) is 1. The number of benzene rings is 2. The van der Waals surface area contributed by atoms with Gasteiger partial charge < -0.3 is 9.73 Å². The van der Waals surface area contributed by atoms with Crippen LogP contribution in [0.3, 0.4) is 0 Å². The summed E-state index contributed by atoms with van der Waals surface area (Å²) in [6.07, 6.45) is 3.21. The van der Waals surface area contributed by atoms with Crippen LogP contribution in [0, 0.1) is 0 Å². The van der Waals surface area contributed by atoms with Crippen LogP contribution in [0.2, 0.25) is 0 Å². The van der Waals surface area contributed by atoms with E-state index in [4.69, 9.17) is 4.42 Å². The highest BCUT2D eigenvalue weighted by atomic mass is 16.4. The first-order chi connectivity index (χ1) is 10.4. The van der Waals surface area contributed by atoms with Gasteiger partial charge in [0.2, 0.25) is 11.8 Å². The molecule has 1 fully saturated rings. The number of rotatable bonds is 5. The van der Waals surface area contributed by atoms with Crippen molar-refractivity contribution < 1.29 is 4.42 Å². The summed E-state index contributed by atoms with van der Waals surface area (Å²) in [4.78, 5) is 0. The van der Waals surface area contributed by atoms with Crippen LogP contribution in [0.15, 0.2) is 46.9 Å². The van der Waals surface area contributed by atoms with Gasteiger partial charge in [0, 0.05) is 6.04 Å². The van der Waals surface area contributed by atoms with E-state index in [0.29, 0.717) is 30.8 Å². The van der Waals surface area contributed by atoms with Crippen molar-refractivity contribution in [3.8, 4) is 0 Å². The second-order valence-electron chi connectivity index (χ2n) is 5.60. The lowest BCUT2D eigenvalue weighted by Gasteiger charge is -2.01. The summed E-state index contributed by atoms with van der Waals surface area (Å²) in [6, 6.07) is 15.4. The number of aromatic nitrogens is 2. The van der Waals surface area contributed by atoms with E-state index >= 15 is 0 Å². The maximum atomic E-state index is 5.69. The van der Waals surface area contributed by atoms with Gasteiger partial charge in [0.05, 0.1) is 13.0 Å². The highest BCUT2D eigenvalue weighted by molar-refractivity contribution is 5.83. The van der Waals surface area contributed by atoms with Gasteiger partial charge >= 0.3 is 0 Å². The fourth-order valence-corrected chi connectivity index (χ4v) is 2.47. The molecule has 0 bridgehead atoms. The van der Waals surface area contributed by atoms with Gasteiger partial charge in [0.15, 0.2) is 0 Å². The van der Waals surface area contributed by atoms with E-state index in [1.165, 1.54) is 29.2 Å². The first-order valence-corrected chi connectivity index (χ1v) is 7.39. The molecule has 3 aromatic rings. The molecular formula is C17H17N3O. The molecule has 0 atom stereocenters. The maximum absolute atomic E-state index is 5.69. The molecule has 4 heteroatoms. The van der Waals surface area contributed by atoms with Gasteiger partial charge in [-0.15, -0.1) is 10.2 Å². The molecule has 4 rings (SSSR count). The topological polar surface area (TPSA) is 51.0 Å². The summed E-state index contributed by atoms with van der Waals surface area (Å²) in [5, 5.41) is 14.1. The molecule has 0 aliphatic heterocycles. The minimum absolute atomic E-state index is 0.654. The van der Waals surface area contributed by atoms with E-state index in [9.17, 15) is 0 Å². The van der Waals surface area contributed by atoms with Crippen LogP contribution < -0.4 is 5.32 Å². The average molecular weight is 279 g/mol. The fourth-order valence-electron chi connectivity index (χ4n) is 2.47. The van der Waals surface area contributed by atoms with Crippen molar-refractivity contribution in [3.63, 3.8) is 0 Å². The van der Waals surface area contributed by atoms with E-state index in [-0.39, 0.29) is 0 Å². The molecule has 2 aromatic carbocycles. The number of hydrogen-bond acceptors (Lipinski definition) is 4. The minimum atomic E-state index is 0.654. The van der Waals surface area contributed by atoms with Crippen molar-refractivity contribution in [1.29, 1.82) is 0 Å². The van der Waals surface area contributed by atoms with E-state index in [1.54, 1.807) is 0 Å². The summed E-state index contributed by atoms with van der Waals surface area (Å²) in [5.74, 6) is 1.36. The van der Waals surface area contributed by atoms with Gasteiger partial charge in [-0.3, -0.25) is 0 Å². The Bertz CT molecular complexity index is 761. The van der Waals surface area contributed by atoms with E-state index in [0.717, 1.165) is 0 Å². The van der Waals surface area contributed by atoms with Crippen LogP contribution in [0.4, 0.5) is 0 Å². The highest BCUT2D eigenvalue weighted by Crippen LogP contribution is 2.20. The van der Waals surface area contributed by atoms with Crippen molar-refractivity contribution in [1.82, 2.24) is 15.5 Å². The largest absolute Gasteiger partial charge is 0.424 e. The van der Waals surface area contributed by atoms with Crippen molar-refractivity contribution in [2.75, 3.05) is 0 Å². The lowest BCUT2D eigenvalue weighted by Crippen LogP contribution is -2.15. The molecule has 1 aliphatic rings. The third-order valence-corrected chi connectivity index (χ3v) is 3.80. The van der Waals surface area contributed by atoms with Gasteiger partial charge in [-0.1, -0.05) is 42.5 Å². The van der Waals surface area contributed by atoms with Gasteiger partial charge in [-0.05, 0) is 29.2 Å². The predicted molar refractivity (Wildman–Crippen MR) is 80.9 cm³/mol. The van der Waals surface area contributed by atoms with Gasteiger partial charge in [-0.25, -0.2) is 0 Å². The fraction of sp³-hybridized carbons (Fsp3) is 0.294. The molecule has 1 aromatic heterocycles. The summed E-state index contributed by atoms with van der Waals surface area (Å²) in [6.45, 7) is 0.676. The van der Waals surface area contributed by atoms with Gasteiger partial charge in [0.1, 0.15) is 0 Å². The molecule has 0 saturated heterocycles. The molecule has 4 nitrogen and oxygen atoms in total. The highest BCUT2D eigenvalue weighted by Gasteiger charge is 2.21. The summed E-state index contributed by atoms with van der Waals surface area (Å²) in [5.41, 5.74) is 1.19. The monoisotopic (exact) mass is 279 g/mol. The molecule has 0 radical (unpaired) electrons. The Kier molecular flexibility index (Phi) is 3.16. The molecule has 1 heterocycles. The Hall–Kier alpha value is -2.20. The number of nitrogens with one attached hydrogen (secondary N) is 1. The molecule has 0 amide bonds. The van der Waals surface area contributed by atoms with Crippen molar-refractivity contribution in [2.24, 2.45) is 0 Å². The molecule has 106 valence electrons. The van der Waals surface area contributed by atoms with E-state index in [2.05, 4.69) is 58.0 Å². The molecule has 1 N–H and O–H groups in total. The molecule has 1 saturated carbocycles. The van der Waals surface area contributed by atoms with Gasteiger partial charge in [-0.2, -0.15) is 0 Å². The van der Waals surface area contributed by atoms with Crippen LogP contribution in [0.1, 0.15) is 30.2 Å². The Morgan fingerprint density at radius 3 is 2.67 bits per heavy atom. The van der Waals surface area contributed by atoms with Crippen molar-refractivity contribution in [2.45, 2.75) is 31.8 Å². The average Bonchev–Trinajstić information content (AvgIpc) is 3.25. The van der Waals surface area contributed by atoms with E-state index in [1.807, 2.05) is 0 Å². The summed E-state index contributed by atoms with van der Waals surface area (Å²) in [7, 11) is 0. The van der Waals surface area contributed by atoms with Crippen molar-refractivity contribution in [3.05, 3.63) is 59.8 Å². The number of nitrogens with zero attached hydrogens (tertiary/aromatic N) is 2. The molecule has 0 unspecified atom stereocenters. The molecule has 0 spiro atoms. The lowest BCUT2D eigenvalue weighted by atomic mass is 10.1. The first-order valence-electron chi connectivity index (χ1n) is 7.39. The SMILES string of the molecule is c1ccc2cc(Cc3nnc(CNC4CC4)o3)ccc2c1. The number of fused-ring (bicyclic) bond motifs is 1. The summed E-state index contributed by atoms with van der Waals surface area (Å²) >= 11 is 0. The second kappa shape index (κ2) is 5.30. The predicted octanol–water partition coefficient (Wildman–Crippen LogP) is 3.07. The Labute approximate surface area is 123 Å². The normalized spacial score (nSPS) is 14.7. The summed E-state index contributed by atoms with van der Waals surface area (Å²) < 4.78 is 5.69. The first kappa shape index (κ1) is 12.5. The molecular weight excluding hydrogens is 262 g/mol. The van der Waals surface area contributed by atoms with E-state index < -0.39 is 0 Å². The second-order valence-corrected chi connectivity index (χ2v) is 5.60. The third kappa shape index (κ3) is 2.95. The minimum Gasteiger partial charge on any atom is -0.424 e.